The fourth-order valence-electron chi connectivity index (χ4n) is 3.06. The fourth-order valence-corrected chi connectivity index (χ4v) is 3.06. The summed E-state index contributed by atoms with van der Waals surface area (Å²) in [7, 11) is 0. The van der Waals surface area contributed by atoms with Crippen LogP contribution in [-0.4, -0.2) is 73.7 Å². The molecule has 25 heavy (non-hydrogen) atoms. The summed E-state index contributed by atoms with van der Waals surface area (Å²) >= 11 is 0. The Morgan fingerprint density at radius 1 is 1.28 bits per heavy atom. The monoisotopic (exact) mass is 349 g/mol. The molecule has 3 N–H and O–H groups in total. The van der Waals surface area contributed by atoms with E-state index in [4.69, 9.17) is 9.47 Å². The largest absolute Gasteiger partial charge is 0.389 e. The summed E-state index contributed by atoms with van der Waals surface area (Å²) in [4.78, 5) is 13.8. The molecule has 3 rings (SSSR count). The quantitative estimate of drug-likeness (QED) is 0.710. The third-order valence-corrected chi connectivity index (χ3v) is 4.72. The van der Waals surface area contributed by atoms with E-state index in [2.05, 4.69) is 41.8 Å². The zero-order chi connectivity index (χ0) is 17.6. The van der Waals surface area contributed by atoms with Crippen molar-refractivity contribution in [2.75, 3.05) is 39.5 Å². The van der Waals surface area contributed by atoms with E-state index in [0.717, 1.165) is 0 Å². The highest BCUT2D eigenvalue weighted by Crippen LogP contribution is 2.15. The maximum absolute atomic E-state index is 12.1. The van der Waals surface area contributed by atoms with Gasteiger partial charge < -0.3 is 30.1 Å². The molecule has 0 aromatic heterocycles. The van der Waals surface area contributed by atoms with E-state index >= 15 is 0 Å². The first-order chi connectivity index (χ1) is 12.1. The van der Waals surface area contributed by atoms with Crippen LogP contribution >= 0.6 is 0 Å². The molecule has 1 aromatic carbocycles. The smallest absolute Gasteiger partial charge is 0.317 e. The molecule has 0 bridgehead atoms. The maximum atomic E-state index is 12.1. The number of morpholine rings is 1. The summed E-state index contributed by atoms with van der Waals surface area (Å²) in [5.41, 5.74) is 2.39. The number of hydrogen-bond acceptors (Lipinski definition) is 5. The molecule has 0 aliphatic carbocycles. The van der Waals surface area contributed by atoms with E-state index in [0.29, 0.717) is 46.0 Å². The van der Waals surface area contributed by atoms with E-state index in [-0.39, 0.29) is 18.2 Å². The Kier molecular flexibility index (Phi) is 6.25. The number of benzene rings is 1. The third-order valence-electron chi connectivity index (χ3n) is 4.72. The summed E-state index contributed by atoms with van der Waals surface area (Å²) in [6, 6.07) is 8.03. The number of amides is 2. The van der Waals surface area contributed by atoms with Crippen molar-refractivity contribution in [3.8, 4) is 0 Å². The van der Waals surface area contributed by atoms with E-state index in [9.17, 15) is 9.90 Å². The number of ether oxygens (including phenoxy) is 2. The molecule has 2 aliphatic heterocycles. The topological polar surface area (TPSA) is 83.1 Å². The van der Waals surface area contributed by atoms with Crippen LogP contribution in [0, 0.1) is 6.92 Å². The lowest BCUT2D eigenvalue weighted by Crippen LogP contribution is -2.50. The summed E-state index contributed by atoms with van der Waals surface area (Å²) in [6.45, 7) is 5.81. The normalized spacial score (nSPS) is 26.6. The van der Waals surface area contributed by atoms with Gasteiger partial charge in [-0.3, -0.25) is 0 Å². The van der Waals surface area contributed by atoms with Crippen LogP contribution in [0.3, 0.4) is 0 Å². The number of nitrogens with one attached hydrogen (secondary N) is 2. The van der Waals surface area contributed by atoms with Crippen LogP contribution in [0.4, 0.5) is 4.79 Å². The van der Waals surface area contributed by atoms with Crippen LogP contribution in [0.15, 0.2) is 24.3 Å². The summed E-state index contributed by atoms with van der Waals surface area (Å²) in [6.07, 6.45) is -1.03. The molecule has 0 spiro atoms. The fraction of sp³-hybridized carbons (Fsp3) is 0.611. The molecule has 0 saturated carbocycles. The van der Waals surface area contributed by atoms with Gasteiger partial charge in [0.05, 0.1) is 32.0 Å². The van der Waals surface area contributed by atoms with Crippen LogP contribution in [0.1, 0.15) is 11.1 Å². The van der Waals surface area contributed by atoms with Gasteiger partial charge in [0, 0.05) is 26.2 Å². The van der Waals surface area contributed by atoms with Gasteiger partial charge in [0.2, 0.25) is 0 Å². The summed E-state index contributed by atoms with van der Waals surface area (Å²) in [5.74, 6) is 0. The standard InChI is InChI=1S/C18H27N3O4/c1-13-2-4-14(5-3-13)10-19-15-12-25-16(17(15)22)11-20-18(23)21-6-8-24-9-7-21/h2-5,15-17,19,22H,6-12H2,1H3,(H,20,23)/t15-,16-,17+/m1/s1. The van der Waals surface area contributed by atoms with Crippen LogP contribution in [0.2, 0.25) is 0 Å². The summed E-state index contributed by atoms with van der Waals surface area (Å²) < 4.78 is 10.9. The minimum Gasteiger partial charge on any atom is -0.389 e. The van der Waals surface area contributed by atoms with Crippen LogP contribution in [0.25, 0.3) is 0 Å². The second-order valence-electron chi connectivity index (χ2n) is 6.62. The maximum Gasteiger partial charge on any atom is 0.317 e. The Morgan fingerprint density at radius 3 is 2.72 bits per heavy atom. The Labute approximate surface area is 148 Å². The van der Waals surface area contributed by atoms with Gasteiger partial charge >= 0.3 is 6.03 Å². The predicted molar refractivity (Wildman–Crippen MR) is 93.3 cm³/mol. The minimum absolute atomic E-state index is 0.129. The van der Waals surface area contributed by atoms with E-state index in [1.165, 1.54) is 11.1 Å². The van der Waals surface area contributed by atoms with E-state index in [1.807, 2.05) is 0 Å². The van der Waals surface area contributed by atoms with Gasteiger partial charge in [-0.05, 0) is 12.5 Å². The molecule has 0 unspecified atom stereocenters. The SMILES string of the molecule is Cc1ccc(CN[C@@H]2CO[C@H](CNC(=O)N3CCOCC3)[C@H]2O)cc1. The molecule has 7 nitrogen and oxygen atoms in total. The molecule has 0 radical (unpaired) electrons. The number of carbonyl (C=O) groups excluding carboxylic acids is 1. The molecule has 2 fully saturated rings. The average molecular weight is 349 g/mol. The minimum atomic E-state index is -0.643. The van der Waals surface area contributed by atoms with Crippen LogP contribution < -0.4 is 10.6 Å². The molecule has 2 saturated heterocycles. The molecule has 1 aromatic rings. The number of rotatable bonds is 5. The lowest BCUT2D eigenvalue weighted by Gasteiger charge is -2.27. The molecule has 2 aliphatic rings. The van der Waals surface area contributed by atoms with Gasteiger partial charge in [-0.15, -0.1) is 0 Å². The molecule has 3 atom stereocenters. The Balaban J connectivity index is 1.41. The van der Waals surface area contributed by atoms with Crippen molar-refractivity contribution in [1.29, 1.82) is 0 Å². The highest BCUT2D eigenvalue weighted by molar-refractivity contribution is 5.74. The van der Waals surface area contributed by atoms with E-state index < -0.39 is 6.10 Å². The molecular formula is C18H27N3O4. The van der Waals surface area contributed by atoms with Crippen LogP contribution in [-0.2, 0) is 16.0 Å². The molecule has 2 amide bonds. The Morgan fingerprint density at radius 2 is 2.00 bits per heavy atom. The van der Waals surface area contributed by atoms with Crippen molar-refractivity contribution in [3.05, 3.63) is 35.4 Å². The number of hydrogen-bond donors (Lipinski definition) is 3. The van der Waals surface area contributed by atoms with Gasteiger partial charge in [-0.25, -0.2) is 4.79 Å². The zero-order valence-electron chi connectivity index (χ0n) is 14.6. The second kappa shape index (κ2) is 8.62. The molecule has 2 heterocycles. The number of urea groups is 1. The van der Waals surface area contributed by atoms with Gasteiger partial charge in [-0.2, -0.15) is 0 Å². The van der Waals surface area contributed by atoms with Gasteiger partial charge in [0.1, 0.15) is 6.10 Å². The van der Waals surface area contributed by atoms with Gasteiger partial charge in [0.15, 0.2) is 0 Å². The van der Waals surface area contributed by atoms with Crippen molar-refractivity contribution in [3.63, 3.8) is 0 Å². The number of aliphatic hydroxyl groups excluding tert-OH is 1. The molecule has 138 valence electrons. The average Bonchev–Trinajstić information content (AvgIpc) is 3.00. The van der Waals surface area contributed by atoms with Crippen molar-refractivity contribution in [2.24, 2.45) is 0 Å². The Hall–Kier alpha value is -1.67. The summed E-state index contributed by atoms with van der Waals surface area (Å²) in [5, 5.41) is 16.6. The highest BCUT2D eigenvalue weighted by Gasteiger charge is 2.35. The van der Waals surface area contributed by atoms with Crippen LogP contribution in [0.5, 0.6) is 0 Å². The lowest BCUT2D eigenvalue weighted by atomic mass is 10.1. The number of nitrogens with zero attached hydrogens (tertiary/aromatic N) is 1. The first kappa shape index (κ1) is 18.1. The van der Waals surface area contributed by atoms with Crippen molar-refractivity contribution >= 4 is 6.03 Å². The number of aryl methyl sites for hydroxylation is 1. The highest BCUT2D eigenvalue weighted by atomic mass is 16.5. The van der Waals surface area contributed by atoms with Gasteiger partial charge in [0.25, 0.3) is 0 Å². The number of carbonyl (C=O) groups is 1. The van der Waals surface area contributed by atoms with Crippen molar-refractivity contribution in [2.45, 2.75) is 31.7 Å². The van der Waals surface area contributed by atoms with Gasteiger partial charge in [-0.1, -0.05) is 29.8 Å². The predicted octanol–water partition coefficient (Wildman–Crippen LogP) is 0.255. The third kappa shape index (κ3) is 4.92. The van der Waals surface area contributed by atoms with E-state index in [1.54, 1.807) is 4.90 Å². The zero-order valence-corrected chi connectivity index (χ0v) is 14.6. The first-order valence-corrected chi connectivity index (χ1v) is 8.82. The second-order valence-corrected chi connectivity index (χ2v) is 6.62. The Bertz CT molecular complexity index is 560. The first-order valence-electron chi connectivity index (χ1n) is 8.82. The molecular weight excluding hydrogens is 322 g/mol. The lowest BCUT2D eigenvalue weighted by molar-refractivity contribution is 0.0360. The van der Waals surface area contributed by atoms with Crippen molar-refractivity contribution in [1.82, 2.24) is 15.5 Å². The van der Waals surface area contributed by atoms with Crippen molar-refractivity contribution < 1.29 is 19.4 Å². The molecule has 7 heteroatoms. The number of aliphatic hydroxyl groups is 1.